The van der Waals surface area contributed by atoms with Crippen LogP contribution >= 0.6 is 0 Å². The summed E-state index contributed by atoms with van der Waals surface area (Å²) in [4.78, 5) is 29.9. The number of aliphatic hydroxyl groups excluding tert-OH is 1. The Bertz CT molecular complexity index is 1860. The number of nitrogens with one attached hydrogen (secondary N) is 1. The van der Waals surface area contributed by atoms with Crippen LogP contribution in [0, 0.1) is 0 Å². The van der Waals surface area contributed by atoms with E-state index in [0.717, 1.165) is 33.4 Å². The van der Waals surface area contributed by atoms with E-state index in [1.807, 2.05) is 97.1 Å². The monoisotopic (exact) mass is 706 g/mol. The highest BCUT2D eigenvalue weighted by molar-refractivity contribution is 5.82. The molecule has 13 heteroatoms. The normalized spacial score (nSPS) is 24.6. The Morgan fingerprint density at radius 2 is 1.54 bits per heavy atom. The van der Waals surface area contributed by atoms with Crippen LogP contribution in [0.15, 0.2) is 114 Å². The van der Waals surface area contributed by atoms with Crippen LogP contribution in [0.3, 0.4) is 0 Å². The number of alkyl carbamates (subject to hydrolysis) is 1. The van der Waals surface area contributed by atoms with Crippen molar-refractivity contribution in [3.05, 3.63) is 142 Å². The number of carbonyl (C=O) groups excluding carboxylic acids is 2. The first kappa shape index (κ1) is 35.1. The third-order valence-electron chi connectivity index (χ3n) is 9.50. The Morgan fingerprint density at radius 3 is 2.21 bits per heavy atom. The molecule has 52 heavy (non-hydrogen) atoms. The number of esters is 1. The van der Waals surface area contributed by atoms with Crippen LogP contribution in [-0.2, 0) is 39.8 Å². The van der Waals surface area contributed by atoms with E-state index in [1.54, 1.807) is 12.1 Å². The molecule has 2 fully saturated rings. The highest BCUT2D eigenvalue weighted by atomic mass is 16.7. The number of azide groups is 1. The molecule has 7 rings (SSSR count). The lowest BCUT2D eigenvalue weighted by Crippen LogP contribution is -2.62. The average Bonchev–Trinajstić information content (AvgIpc) is 3.50. The number of ether oxygens (including phenoxy) is 6. The van der Waals surface area contributed by atoms with Gasteiger partial charge in [-0.1, -0.05) is 114 Å². The number of carbonyl (C=O) groups is 2. The molecule has 268 valence electrons. The third-order valence-corrected chi connectivity index (χ3v) is 9.50. The number of amides is 1. The highest BCUT2D eigenvalue weighted by Gasteiger charge is 2.50. The number of nitrogens with zero attached hydrogens (tertiary/aromatic N) is 3. The third kappa shape index (κ3) is 7.51. The average molecular weight is 707 g/mol. The first-order valence-corrected chi connectivity index (χ1v) is 17.1. The fraction of sp³-hybridized carbons (Fsp3) is 0.333. The SMILES string of the molecule is C[C@@H](O[C@H]1O[C@@H]2CO[C@H](c3ccccc3)O[C@@H]2[C@H](O)[C@H]1N=[N+]=[N-])[C@H](NC(=O)OCC1c2ccccc2-c2ccccc21)C(=O)OCc1ccccc1. The molecule has 0 spiro atoms. The van der Waals surface area contributed by atoms with Crippen LogP contribution in [0.5, 0.6) is 0 Å². The van der Waals surface area contributed by atoms with Crippen molar-refractivity contribution in [2.75, 3.05) is 13.2 Å². The van der Waals surface area contributed by atoms with Gasteiger partial charge in [-0.2, -0.15) is 0 Å². The minimum Gasteiger partial charge on any atom is -0.459 e. The maximum Gasteiger partial charge on any atom is 0.407 e. The van der Waals surface area contributed by atoms with Gasteiger partial charge in [0.2, 0.25) is 0 Å². The summed E-state index contributed by atoms with van der Waals surface area (Å²) in [5.74, 6) is -0.999. The molecule has 0 bridgehead atoms. The van der Waals surface area contributed by atoms with Crippen molar-refractivity contribution in [3.63, 3.8) is 0 Å². The molecule has 2 heterocycles. The molecular formula is C39H38N4O9. The Kier molecular flexibility index (Phi) is 10.8. The van der Waals surface area contributed by atoms with Gasteiger partial charge in [-0.3, -0.25) is 0 Å². The molecule has 13 nitrogen and oxygen atoms in total. The summed E-state index contributed by atoms with van der Waals surface area (Å²) in [6.45, 7) is 1.53. The van der Waals surface area contributed by atoms with Crippen LogP contribution in [0.25, 0.3) is 21.6 Å². The molecule has 3 aliphatic rings. The molecule has 4 aromatic carbocycles. The van der Waals surface area contributed by atoms with Crippen molar-refractivity contribution in [1.29, 1.82) is 0 Å². The second-order valence-electron chi connectivity index (χ2n) is 12.8. The summed E-state index contributed by atoms with van der Waals surface area (Å²) in [7, 11) is 0. The molecular weight excluding hydrogens is 668 g/mol. The van der Waals surface area contributed by atoms with E-state index in [1.165, 1.54) is 6.92 Å². The second-order valence-corrected chi connectivity index (χ2v) is 12.8. The van der Waals surface area contributed by atoms with Gasteiger partial charge in [-0.25, -0.2) is 9.59 Å². The number of hydrogen-bond donors (Lipinski definition) is 2. The predicted octanol–water partition coefficient (Wildman–Crippen LogP) is 5.92. The van der Waals surface area contributed by atoms with Crippen LogP contribution in [0.1, 0.15) is 41.4 Å². The van der Waals surface area contributed by atoms with Crippen molar-refractivity contribution < 1.29 is 43.1 Å². The zero-order valence-corrected chi connectivity index (χ0v) is 28.3. The van der Waals surface area contributed by atoms with Gasteiger partial charge >= 0.3 is 12.1 Å². The van der Waals surface area contributed by atoms with Gasteiger partial charge in [-0.15, -0.1) is 0 Å². The summed E-state index contributed by atoms with van der Waals surface area (Å²) in [6, 6.07) is 31.6. The molecule has 2 N–H and O–H groups in total. The van der Waals surface area contributed by atoms with Crippen molar-refractivity contribution in [3.8, 4) is 11.1 Å². The lowest BCUT2D eigenvalue weighted by atomic mass is 9.96. The number of hydrogen-bond acceptors (Lipinski definition) is 10. The summed E-state index contributed by atoms with van der Waals surface area (Å²) in [5.41, 5.74) is 15.1. The minimum absolute atomic E-state index is 0.0187. The van der Waals surface area contributed by atoms with E-state index >= 15 is 0 Å². The number of benzene rings is 4. The van der Waals surface area contributed by atoms with Gasteiger partial charge in [-0.05, 0) is 40.3 Å². The summed E-state index contributed by atoms with van der Waals surface area (Å²) in [6.07, 6.45) is -7.13. The van der Waals surface area contributed by atoms with Crippen LogP contribution in [0.4, 0.5) is 4.79 Å². The first-order chi connectivity index (χ1) is 25.4. The Labute approximate surface area is 300 Å². The topological polar surface area (TPSA) is 171 Å². The number of fused-ring (bicyclic) bond motifs is 4. The standard InChI is InChI=1S/C39H38N4O9/c1-23(50-38-33(42-43-40)34(44)35-31(51-38)22-48-37(52-35)25-14-6-3-7-15-25)32(36(45)47-20-24-12-4-2-5-13-24)41-39(46)49-21-30-28-18-10-8-16-26(28)27-17-9-11-19-29(27)30/h2-19,23,30-35,37-38,44H,20-22H2,1H3,(H,41,46)/t23-,31-,32+,33-,34-,35+,37+,38+/m1/s1. The van der Waals surface area contributed by atoms with Crippen LogP contribution in [0.2, 0.25) is 0 Å². The maximum atomic E-state index is 13.6. The van der Waals surface area contributed by atoms with Crippen molar-refractivity contribution >= 4 is 12.1 Å². The number of aliphatic hydroxyl groups is 1. The summed E-state index contributed by atoms with van der Waals surface area (Å²) < 4.78 is 35.6. The predicted molar refractivity (Wildman–Crippen MR) is 186 cm³/mol. The van der Waals surface area contributed by atoms with E-state index in [-0.39, 0.29) is 25.7 Å². The molecule has 0 saturated carbocycles. The molecule has 1 amide bonds. The lowest BCUT2D eigenvalue weighted by molar-refractivity contribution is -0.346. The Balaban J connectivity index is 1.06. The van der Waals surface area contributed by atoms with E-state index in [4.69, 9.17) is 28.4 Å². The second kappa shape index (κ2) is 16.0. The van der Waals surface area contributed by atoms with E-state index < -0.39 is 61.1 Å². The lowest BCUT2D eigenvalue weighted by Gasteiger charge is -2.47. The fourth-order valence-corrected chi connectivity index (χ4v) is 6.90. The zero-order valence-electron chi connectivity index (χ0n) is 28.3. The van der Waals surface area contributed by atoms with Gasteiger partial charge in [0.15, 0.2) is 18.6 Å². The van der Waals surface area contributed by atoms with Crippen molar-refractivity contribution in [2.45, 2.75) is 68.5 Å². The van der Waals surface area contributed by atoms with Crippen molar-refractivity contribution in [1.82, 2.24) is 5.32 Å². The minimum atomic E-state index is -1.38. The van der Waals surface area contributed by atoms with Gasteiger partial charge in [0, 0.05) is 16.4 Å². The van der Waals surface area contributed by atoms with E-state index in [0.29, 0.717) is 0 Å². The van der Waals surface area contributed by atoms with E-state index in [9.17, 15) is 20.2 Å². The highest BCUT2D eigenvalue weighted by Crippen LogP contribution is 2.44. The number of rotatable bonds is 11. The van der Waals surface area contributed by atoms with Gasteiger partial charge in [0.25, 0.3) is 0 Å². The van der Waals surface area contributed by atoms with Crippen LogP contribution in [-0.4, -0.2) is 73.2 Å². The fourth-order valence-electron chi connectivity index (χ4n) is 6.90. The molecule has 0 unspecified atom stereocenters. The molecule has 2 aliphatic heterocycles. The largest absolute Gasteiger partial charge is 0.459 e. The quantitative estimate of drug-likeness (QED) is 0.0832. The molecule has 4 aromatic rings. The summed E-state index contributed by atoms with van der Waals surface area (Å²) in [5, 5.41) is 17.8. The maximum absolute atomic E-state index is 13.6. The van der Waals surface area contributed by atoms with Crippen LogP contribution < -0.4 is 5.32 Å². The van der Waals surface area contributed by atoms with Gasteiger partial charge < -0.3 is 38.8 Å². The van der Waals surface area contributed by atoms with Crippen molar-refractivity contribution in [2.24, 2.45) is 5.11 Å². The van der Waals surface area contributed by atoms with Gasteiger partial charge in [0.05, 0.1) is 18.8 Å². The Morgan fingerprint density at radius 1 is 0.904 bits per heavy atom. The molecule has 8 atom stereocenters. The Hall–Kier alpha value is -5.27. The smallest absolute Gasteiger partial charge is 0.407 e. The van der Waals surface area contributed by atoms with Gasteiger partial charge in [0.1, 0.15) is 31.5 Å². The zero-order chi connectivity index (χ0) is 36.0. The molecule has 1 aliphatic carbocycles. The molecule has 0 aromatic heterocycles. The molecule has 2 saturated heterocycles. The summed E-state index contributed by atoms with van der Waals surface area (Å²) >= 11 is 0. The first-order valence-electron chi connectivity index (χ1n) is 17.1. The van der Waals surface area contributed by atoms with E-state index in [2.05, 4.69) is 15.3 Å². The molecule has 0 radical (unpaired) electrons.